The highest BCUT2D eigenvalue weighted by molar-refractivity contribution is 7.99. The highest BCUT2D eigenvalue weighted by Crippen LogP contribution is 2.27. The molecule has 0 saturated heterocycles. The molecule has 0 radical (unpaired) electrons. The van der Waals surface area contributed by atoms with E-state index in [1.807, 2.05) is 42.5 Å². The largest absolute Gasteiger partial charge is 0.331 e. The van der Waals surface area contributed by atoms with Crippen LogP contribution in [0, 0.1) is 0 Å². The molecule has 0 atom stereocenters. The van der Waals surface area contributed by atoms with Crippen LogP contribution in [0.5, 0.6) is 0 Å². The summed E-state index contributed by atoms with van der Waals surface area (Å²) in [6, 6.07) is 17.1. The van der Waals surface area contributed by atoms with Gasteiger partial charge in [0.1, 0.15) is 6.21 Å². The van der Waals surface area contributed by atoms with Crippen molar-refractivity contribution in [3.05, 3.63) is 60.2 Å². The molecule has 0 spiro atoms. The van der Waals surface area contributed by atoms with Crippen molar-refractivity contribution in [3.8, 4) is 0 Å². The standard InChI is InChI=1S/C16H13NO3S/c1-12(18)20-17-11-16(19)13-7-9-15(10-8-13)21-14-5-3-2-4-6-14/h2-11H,1H3/b17-11+. The van der Waals surface area contributed by atoms with E-state index in [0.717, 1.165) is 16.0 Å². The van der Waals surface area contributed by atoms with E-state index in [4.69, 9.17) is 0 Å². The molecule has 0 aliphatic heterocycles. The Hall–Kier alpha value is -2.40. The van der Waals surface area contributed by atoms with Gasteiger partial charge >= 0.3 is 5.97 Å². The Balaban J connectivity index is 2.00. The number of benzene rings is 2. The molecule has 106 valence electrons. The van der Waals surface area contributed by atoms with Crippen LogP contribution in [0.2, 0.25) is 0 Å². The maximum atomic E-state index is 11.7. The molecule has 0 amide bonds. The number of ketones is 1. The van der Waals surface area contributed by atoms with Crippen LogP contribution >= 0.6 is 11.8 Å². The first-order valence-corrected chi connectivity index (χ1v) is 7.05. The topological polar surface area (TPSA) is 55.7 Å². The fraction of sp³-hybridized carbons (Fsp3) is 0.0625. The summed E-state index contributed by atoms with van der Waals surface area (Å²) in [5.41, 5.74) is 0.489. The Morgan fingerprint density at radius 1 is 1.00 bits per heavy atom. The van der Waals surface area contributed by atoms with Gasteiger partial charge in [-0.1, -0.05) is 35.1 Å². The molecule has 5 heteroatoms. The highest BCUT2D eigenvalue weighted by Gasteiger charge is 2.04. The Kier molecular flexibility index (Phi) is 5.29. The number of oxime groups is 1. The number of hydrogen-bond acceptors (Lipinski definition) is 5. The fourth-order valence-corrected chi connectivity index (χ4v) is 2.37. The quantitative estimate of drug-likeness (QED) is 0.366. The zero-order chi connectivity index (χ0) is 15.1. The Labute approximate surface area is 126 Å². The van der Waals surface area contributed by atoms with Crippen molar-refractivity contribution in [2.45, 2.75) is 16.7 Å². The first-order chi connectivity index (χ1) is 10.1. The highest BCUT2D eigenvalue weighted by atomic mass is 32.2. The van der Waals surface area contributed by atoms with Crippen molar-refractivity contribution in [3.63, 3.8) is 0 Å². The summed E-state index contributed by atoms with van der Waals surface area (Å²) >= 11 is 1.62. The van der Waals surface area contributed by atoms with E-state index < -0.39 is 5.97 Å². The lowest BCUT2D eigenvalue weighted by Crippen LogP contribution is -2.01. The molecular formula is C16H13NO3S. The molecule has 4 nitrogen and oxygen atoms in total. The van der Waals surface area contributed by atoms with Gasteiger partial charge in [0, 0.05) is 22.3 Å². The second-order valence-corrected chi connectivity index (χ2v) is 5.27. The number of carbonyl (C=O) groups excluding carboxylic acids is 2. The molecule has 0 saturated carbocycles. The molecule has 0 heterocycles. The second-order valence-electron chi connectivity index (χ2n) is 4.12. The molecule has 2 aromatic rings. The summed E-state index contributed by atoms with van der Waals surface area (Å²) in [5.74, 6) is -0.874. The molecular weight excluding hydrogens is 286 g/mol. The third kappa shape index (κ3) is 4.89. The lowest BCUT2D eigenvalue weighted by atomic mass is 10.1. The van der Waals surface area contributed by atoms with Crippen molar-refractivity contribution in [1.82, 2.24) is 0 Å². The fourth-order valence-electron chi connectivity index (χ4n) is 1.53. The molecule has 2 rings (SSSR count). The van der Waals surface area contributed by atoms with Gasteiger partial charge in [0.05, 0.1) is 0 Å². The minimum Gasteiger partial charge on any atom is -0.318 e. The molecule has 0 aromatic heterocycles. The second kappa shape index (κ2) is 7.40. The van der Waals surface area contributed by atoms with E-state index in [0.29, 0.717) is 5.56 Å². The van der Waals surface area contributed by atoms with Crippen LogP contribution in [0.4, 0.5) is 0 Å². The lowest BCUT2D eigenvalue weighted by Gasteiger charge is -2.02. The minimum atomic E-state index is -0.561. The number of rotatable bonds is 5. The summed E-state index contributed by atoms with van der Waals surface area (Å²) in [6.45, 7) is 1.22. The molecule has 0 bridgehead atoms. The van der Waals surface area contributed by atoms with Gasteiger partial charge < -0.3 is 4.84 Å². The van der Waals surface area contributed by atoms with Crippen molar-refractivity contribution in [1.29, 1.82) is 0 Å². The van der Waals surface area contributed by atoms with E-state index in [9.17, 15) is 9.59 Å². The zero-order valence-corrected chi connectivity index (χ0v) is 12.2. The van der Waals surface area contributed by atoms with Gasteiger partial charge in [-0.05, 0) is 36.4 Å². The van der Waals surface area contributed by atoms with Crippen molar-refractivity contribution >= 4 is 29.7 Å². The molecule has 21 heavy (non-hydrogen) atoms. The average molecular weight is 299 g/mol. The first-order valence-electron chi connectivity index (χ1n) is 6.23. The summed E-state index contributed by atoms with van der Waals surface area (Å²) in [7, 11) is 0. The molecule has 0 aliphatic rings. The van der Waals surface area contributed by atoms with Gasteiger partial charge in [-0.2, -0.15) is 0 Å². The van der Waals surface area contributed by atoms with Crippen LogP contribution < -0.4 is 0 Å². The monoisotopic (exact) mass is 299 g/mol. The van der Waals surface area contributed by atoms with Gasteiger partial charge in [0.15, 0.2) is 0 Å². The molecule has 0 N–H and O–H groups in total. The smallest absolute Gasteiger partial charge is 0.318 e. The zero-order valence-electron chi connectivity index (χ0n) is 11.4. The predicted octanol–water partition coefficient (Wildman–Crippen LogP) is 3.57. The number of nitrogens with zero attached hydrogens (tertiary/aromatic N) is 1. The van der Waals surface area contributed by atoms with E-state index >= 15 is 0 Å². The summed E-state index contributed by atoms with van der Waals surface area (Å²) in [6.07, 6.45) is 0.987. The van der Waals surface area contributed by atoms with Crippen LogP contribution in [-0.4, -0.2) is 18.0 Å². The summed E-state index contributed by atoms with van der Waals surface area (Å²) < 4.78 is 0. The van der Waals surface area contributed by atoms with Crippen LogP contribution in [-0.2, 0) is 9.63 Å². The van der Waals surface area contributed by atoms with Gasteiger partial charge in [-0.15, -0.1) is 0 Å². The van der Waals surface area contributed by atoms with E-state index in [1.165, 1.54) is 6.92 Å². The number of carbonyl (C=O) groups is 2. The first kappa shape index (κ1) is 15.0. The lowest BCUT2D eigenvalue weighted by molar-refractivity contribution is -0.140. The Bertz CT molecular complexity index is 651. The number of Topliss-reactive ketones (excluding diaryl/α,β-unsaturated/α-hetero) is 1. The average Bonchev–Trinajstić information content (AvgIpc) is 2.48. The third-order valence-electron chi connectivity index (χ3n) is 2.47. The molecule has 0 unspecified atom stereocenters. The summed E-state index contributed by atoms with van der Waals surface area (Å²) in [4.78, 5) is 28.8. The predicted molar refractivity (Wildman–Crippen MR) is 81.6 cm³/mol. The number of hydrogen-bond donors (Lipinski definition) is 0. The SMILES string of the molecule is CC(=O)O/N=C/C(=O)c1ccc(Sc2ccccc2)cc1. The van der Waals surface area contributed by atoms with E-state index in [1.54, 1.807) is 23.9 Å². The van der Waals surface area contributed by atoms with Gasteiger partial charge in [-0.25, -0.2) is 4.79 Å². The summed E-state index contributed by atoms with van der Waals surface area (Å²) in [5, 5.41) is 3.31. The maximum absolute atomic E-state index is 11.7. The van der Waals surface area contributed by atoms with Gasteiger partial charge in [-0.3, -0.25) is 4.79 Å². The van der Waals surface area contributed by atoms with Crippen LogP contribution in [0.1, 0.15) is 17.3 Å². The Morgan fingerprint density at radius 3 is 2.24 bits per heavy atom. The van der Waals surface area contributed by atoms with Crippen molar-refractivity contribution in [2.75, 3.05) is 0 Å². The van der Waals surface area contributed by atoms with Crippen LogP contribution in [0.15, 0.2) is 69.5 Å². The van der Waals surface area contributed by atoms with Crippen molar-refractivity contribution in [2.24, 2.45) is 5.16 Å². The van der Waals surface area contributed by atoms with E-state index in [-0.39, 0.29) is 5.78 Å². The third-order valence-corrected chi connectivity index (χ3v) is 3.48. The maximum Gasteiger partial charge on any atom is 0.331 e. The van der Waals surface area contributed by atoms with Gasteiger partial charge in [0.25, 0.3) is 0 Å². The van der Waals surface area contributed by atoms with E-state index in [2.05, 4.69) is 9.99 Å². The normalized spacial score (nSPS) is 10.5. The molecule has 2 aromatic carbocycles. The van der Waals surface area contributed by atoms with Gasteiger partial charge in [0.2, 0.25) is 5.78 Å². The minimum absolute atomic E-state index is 0.312. The van der Waals surface area contributed by atoms with Crippen LogP contribution in [0.3, 0.4) is 0 Å². The van der Waals surface area contributed by atoms with Crippen LogP contribution in [0.25, 0.3) is 0 Å². The molecule has 0 aliphatic carbocycles. The van der Waals surface area contributed by atoms with Crippen molar-refractivity contribution < 1.29 is 14.4 Å². The molecule has 0 fully saturated rings. The Morgan fingerprint density at radius 2 is 1.62 bits per heavy atom.